The highest BCUT2D eigenvalue weighted by Crippen LogP contribution is 2.38. The highest BCUT2D eigenvalue weighted by molar-refractivity contribution is 8.01. The Bertz CT molecular complexity index is 717. The lowest BCUT2D eigenvalue weighted by Gasteiger charge is -2.35. The van der Waals surface area contributed by atoms with Crippen LogP contribution in [0.1, 0.15) is 37.2 Å². The number of imidazole rings is 1. The Labute approximate surface area is 147 Å². The first-order chi connectivity index (χ1) is 11.8. The fraction of sp³-hybridized carbons (Fsp3) is 0.474. The lowest BCUT2D eigenvalue weighted by atomic mass is 10.0. The van der Waals surface area contributed by atoms with E-state index in [9.17, 15) is 4.79 Å². The molecule has 2 atom stereocenters. The Morgan fingerprint density at radius 3 is 3.08 bits per heavy atom. The second-order valence-electron chi connectivity index (χ2n) is 6.60. The van der Waals surface area contributed by atoms with Gasteiger partial charge in [0.15, 0.2) is 0 Å². The van der Waals surface area contributed by atoms with Gasteiger partial charge in [-0.2, -0.15) is 0 Å². The van der Waals surface area contributed by atoms with E-state index in [2.05, 4.69) is 51.8 Å². The van der Waals surface area contributed by atoms with Gasteiger partial charge < -0.3 is 9.47 Å². The molecule has 3 heterocycles. The van der Waals surface area contributed by atoms with Gasteiger partial charge in [-0.25, -0.2) is 4.98 Å². The second kappa shape index (κ2) is 6.63. The molecule has 0 bridgehead atoms. The number of amides is 1. The first kappa shape index (κ1) is 15.8. The molecule has 0 saturated carbocycles. The standard InChI is InChI=1S/C19H23N3OS/c1-2-18-20-9-11-22(18)15-7-5-10-21(13-15)19(23)17-12-14-6-3-4-8-16(14)24-17/h3-4,6,8-9,11,15,17H,2,5,7,10,12-13H2,1H3. The fourth-order valence-electron chi connectivity index (χ4n) is 3.86. The number of fused-ring (bicyclic) bond motifs is 1. The van der Waals surface area contributed by atoms with E-state index >= 15 is 0 Å². The molecule has 4 rings (SSSR count). The molecular weight excluding hydrogens is 318 g/mol. The molecule has 1 amide bonds. The third-order valence-electron chi connectivity index (χ3n) is 5.09. The molecule has 0 N–H and O–H groups in total. The summed E-state index contributed by atoms with van der Waals surface area (Å²) in [5, 5.41) is 0.0505. The average Bonchev–Trinajstić information content (AvgIpc) is 3.27. The average molecular weight is 341 g/mol. The number of thioether (sulfide) groups is 1. The monoisotopic (exact) mass is 341 g/mol. The number of hydrogen-bond donors (Lipinski definition) is 0. The first-order valence-electron chi connectivity index (χ1n) is 8.81. The molecule has 1 saturated heterocycles. The minimum atomic E-state index is 0.0505. The second-order valence-corrected chi connectivity index (χ2v) is 7.85. The van der Waals surface area contributed by atoms with E-state index in [0.29, 0.717) is 11.9 Å². The van der Waals surface area contributed by atoms with Gasteiger partial charge in [-0.05, 0) is 30.9 Å². The summed E-state index contributed by atoms with van der Waals surface area (Å²) in [5.41, 5.74) is 1.32. The van der Waals surface area contributed by atoms with Crippen LogP contribution in [-0.4, -0.2) is 38.7 Å². The highest BCUT2D eigenvalue weighted by Gasteiger charge is 2.34. The molecule has 2 unspecified atom stereocenters. The van der Waals surface area contributed by atoms with Crippen LogP contribution in [-0.2, 0) is 17.6 Å². The van der Waals surface area contributed by atoms with Crippen LogP contribution >= 0.6 is 11.8 Å². The van der Waals surface area contributed by atoms with Gasteiger partial charge in [0, 0.05) is 36.8 Å². The van der Waals surface area contributed by atoms with Crippen molar-refractivity contribution in [1.82, 2.24) is 14.5 Å². The molecule has 0 radical (unpaired) electrons. The number of aryl methyl sites for hydroxylation is 1. The molecule has 0 spiro atoms. The van der Waals surface area contributed by atoms with Crippen molar-refractivity contribution in [3.05, 3.63) is 48.0 Å². The van der Waals surface area contributed by atoms with Crippen molar-refractivity contribution in [1.29, 1.82) is 0 Å². The van der Waals surface area contributed by atoms with Crippen LogP contribution in [0.3, 0.4) is 0 Å². The Kier molecular flexibility index (Phi) is 4.35. The number of carbonyl (C=O) groups excluding carboxylic acids is 1. The minimum Gasteiger partial charge on any atom is -0.340 e. The Morgan fingerprint density at radius 2 is 2.25 bits per heavy atom. The quantitative estimate of drug-likeness (QED) is 0.859. The van der Waals surface area contributed by atoms with Gasteiger partial charge in [-0.1, -0.05) is 25.1 Å². The van der Waals surface area contributed by atoms with Gasteiger partial charge in [-0.15, -0.1) is 11.8 Å². The number of nitrogens with zero attached hydrogens (tertiary/aromatic N) is 3. The van der Waals surface area contributed by atoms with Crippen LogP contribution in [0.25, 0.3) is 0 Å². The van der Waals surface area contributed by atoms with Crippen LogP contribution in [0.2, 0.25) is 0 Å². The van der Waals surface area contributed by atoms with E-state index in [-0.39, 0.29) is 5.25 Å². The van der Waals surface area contributed by atoms with Crippen LogP contribution in [0.5, 0.6) is 0 Å². The van der Waals surface area contributed by atoms with E-state index in [4.69, 9.17) is 0 Å². The molecule has 2 aliphatic rings. The smallest absolute Gasteiger partial charge is 0.236 e. The lowest BCUT2D eigenvalue weighted by molar-refractivity contribution is -0.132. The van der Waals surface area contributed by atoms with E-state index < -0.39 is 0 Å². The van der Waals surface area contributed by atoms with Crippen molar-refractivity contribution in [3.8, 4) is 0 Å². The van der Waals surface area contributed by atoms with Gasteiger partial charge in [0.2, 0.25) is 5.91 Å². The van der Waals surface area contributed by atoms with E-state index in [1.165, 1.54) is 10.5 Å². The summed E-state index contributed by atoms with van der Waals surface area (Å²) in [7, 11) is 0. The summed E-state index contributed by atoms with van der Waals surface area (Å²) >= 11 is 1.73. The fourth-order valence-corrected chi connectivity index (χ4v) is 5.13. The summed E-state index contributed by atoms with van der Waals surface area (Å²) in [4.78, 5) is 20.8. The van der Waals surface area contributed by atoms with Gasteiger partial charge in [0.05, 0.1) is 11.3 Å². The summed E-state index contributed by atoms with van der Waals surface area (Å²) in [6, 6.07) is 8.77. The number of benzene rings is 1. The summed E-state index contributed by atoms with van der Waals surface area (Å²) < 4.78 is 2.27. The number of aromatic nitrogens is 2. The predicted molar refractivity (Wildman–Crippen MR) is 96.2 cm³/mol. The molecular formula is C19H23N3OS. The van der Waals surface area contributed by atoms with Crippen molar-refractivity contribution in [3.63, 3.8) is 0 Å². The van der Waals surface area contributed by atoms with Gasteiger partial charge in [0.1, 0.15) is 5.82 Å². The topological polar surface area (TPSA) is 38.1 Å². The Hall–Kier alpha value is -1.75. The SMILES string of the molecule is CCc1nccn1C1CCCN(C(=O)C2Cc3ccccc3S2)C1. The molecule has 4 nitrogen and oxygen atoms in total. The van der Waals surface area contributed by atoms with Crippen molar-refractivity contribution < 1.29 is 4.79 Å². The summed E-state index contributed by atoms with van der Waals surface area (Å²) in [6.07, 6.45) is 7.95. The number of hydrogen-bond acceptors (Lipinski definition) is 3. The first-order valence-corrected chi connectivity index (χ1v) is 9.69. The maximum Gasteiger partial charge on any atom is 0.236 e. The Balaban J connectivity index is 1.46. The minimum absolute atomic E-state index is 0.0505. The summed E-state index contributed by atoms with van der Waals surface area (Å²) in [6.45, 7) is 3.84. The van der Waals surface area contributed by atoms with Crippen molar-refractivity contribution in [2.24, 2.45) is 0 Å². The zero-order valence-electron chi connectivity index (χ0n) is 14.0. The third kappa shape index (κ3) is 2.86. The number of rotatable bonds is 3. The zero-order valence-corrected chi connectivity index (χ0v) is 14.8. The molecule has 1 aromatic carbocycles. The summed E-state index contributed by atoms with van der Waals surface area (Å²) in [5.74, 6) is 1.43. The molecule has 1 fully saturated rings. The largest absolute Gasteiger partial charge is 0.340 e. The molecule has 1 aromatic heterocycles. The van der Waals surface area contributed by atoms with Crippen molar-refractivity contribution in [2.75, 3.05) is 13.1 Å². The molecule has 0 aliphatic carbocycles. The molecule has 2 aliphatic heterocycles. The lowest BCUT2D eigenvalue weighted by Crippen LogP contribution is -2.44. The van der Waals surface area contributed by atoms with Crippen LogP contribution in [0.15, 0.2) is 41.6 Å². The number of likely N-dealkylation sites (tertiary alicyclic amines) is 1. The van der Waals surface area contributed by atoms with Crippen molar-refractivity contribution in [2.45, 2.75) is 48.8 Å². The van der Waals surface area contributed by atoms with Crippen LogP contribution in [0.4, 0.5) is 0 Å². The number of carbonyl (C=O) groups is 1. The van der Waals surface area contributed by atoms with Crippen LogP contribution in [0, 0.1) is 0 Å². The molecule has 24 heavy (non-hydrogen) atoms. The maximum absolute atomic E-state index is 13.0. The normalized spacial score (nSPS) is 23.3. The number of piperidine rings is 1. The molecule has 126 valence electrons. The maximum atomic E-state index is 13.0. The van der Waals surface area contributed by atoms with E-state index in [0.717, 1.165) is 44.6 Å². The van der Waals surface area contributed by atoms with E-state index in [1.807, 2.05) is 6.20 Å². The van der Waals surface area contributed by atoms with Gasteiger partial charge in [-0.3, -0.25) is 4.79 Å². The molecule has 2 aromatic rings. The van der Waals surface area contributed by atoms with Crippen molar-refractivity contribution >= 4 is 17.7 Å². The third-order valence-corrected chi connectivity index (χ3v) is 6.39. The van der Waals surface area contributed by atoms with Gasteiger partial charge in [0.25, 0.3) is 0 Å². The highest BCUT2D eigenvalue weighted by atomic mass is 32.2. The Morgan fingerprint density at radius 1 is 1.38 bits per heavy atom. The van der Waals surface area contributed by atoms with Crippen LogP contribution < -0.4 is 0 Å². The van der Waals surface area contributed by atoms with E-state index in [1.54, 1.807) is 11.8 Å². The predicted octanol–water partition coefficient (Wildman–Crippen LogP) is 3.33. The van der Waals surface area contributed by atoms with Gasteiger partial charge >= 0.3 is 0 Å². The molecule has 5 heteroatoms. The zero-order chi connectivity index (χ0) is 16.5.